The molecular formula is C56H80N8O12. The molecule has 0 aromatic heterocycles. The van der Waals surface area contributed by atoms with Gasteiger partial charge in [-0.25, -0.2) is 20.0 Å². The van der Waals surface area contributed by atoms with E-state index in [2.05, 4.69) is 16.1 Å². The molecule has 1 unspecified atom stereocenters. The van der Waals surface area contributed by atoms with Gasteiger partial charge in [0, 0.05) is 70.1 Å². The highest BCUT2D eigenvalue weighted by Crippen LogP contribution is 2.50. The normalized spacial score (nSPS) is 23.1. The molecule has 3 aliphatic heterocycles. The number of aliphatic carboxylic acids is 1. The molecule has 3 fully saturated rings. The van der Waals surface area contributed by atoms with Gasteiger partial charge in [-0.3, -0.25) is 33.7 Å². The Kier molecular flexibility index (Phi) is 19.6. The van der Waals surface area contributed by atoms with E-state index >= 15 is 0 Å². The average molecular weight is 1060 g/mol. The molecule has 0 radical (unpaired) electrons. The lowest BCUT2D eigenvalue weighted by Crippen LogP contribution is -2.56. The molecule has 2 aromatic rings. The largest absolute Gasteiger partial charge is 0.480 e. The molecule has 12 atom stereocenters. The number of anilines is 1. The van der Waals surface area contributed by atoms with Gasteiger partial charge in [0.25, 0.3) is 11.8 Å². The quantitative estimate of drug-likeness (QED) is 0.0950. The number of rotatable bonds is 23. The van der Waals surface area contributed by atoms with Crippen LogP contribution in [0.5, 0.6) is 0 Å². The molecular weight excluding hydrogens is 977 g/mol. The predicted octanol–water partition coefficient (Wildman–Crippen LogP) is 4.65. The van der Waals surface area contributed by atoms with Crippen molar-refractivity contribution in [1.29, 1.82) is 0 Å². The predicted molar refractivity (Wildman–Crippen MR) is 282 cm³/mol. The van der Waals surface area contributed by atoms with Crippen LogP contribution >= 0.6 is 0 Å². The van der Waals surface area contributed by atoms with Gasteiger partial charge in [-0.1, -0.05) is 83.5 Å². The highest BCUT2D eigenvalue weighted by molar-refractivity contribution is 6.16. The van der Waals surface area contributed by atoms with Crippen LogP contribution in [-0.4, -0.2) is 154 Å². The number of ether oxygens (including phenoxy) is 3. The summed E-state index contributed by atoms with van der Waals surface area (Å²) in [4.78, 5) is 113. The summed E-state index contributed by atoms with van der Waals surface area (Å²) in [5, 5.41) is 16.8. The second-order valence-corrected chi connectivity index (χ2v) is 22.3. The molecule has 76 heavy (non-hydrogen) atoms. The van der Waals surface area contributed by atoms with Crippen molar-refractivity contribution in [3.8, 4) is 0 Å². The summed E-state index contributed by atoms with van der Waals surface area (Å²) < 4.78 is 17.5. The molecule has 2 saturated heterocycles. The van der Waals surface area contributed by atoms with Crippen LogP contribution in [0.3, 0.4) is 0 Å². The number of carboxylic acid groups (broad SMARTS) is 1. The zero-order valence-electron chi connectivity index (χ0n) is 45.9. The van der Waals surface area contributed by atoms with Gasteiger partial charge in [0.15, 0.2) is 0 Å². The van der Waals surface area contributed by atoms with Crippen molar-refractivity contribution in [2.24, 2.45) is 35.3 Å². The van der Waals surface area contributed by atoms with Gasteiger partial charge < -0.3 is 45.5 Å². The van der Waals surface area contributed by atoms with E-state index in [0.717, 1.165) is 17.0 Å². The number of fused-ring (bicyclic) bond motifs is 2. The Bertz CT molecular complexity index is 2460. The van der Waals surface area contributed by atoms with Gasteiger partial charge in [0.05, 0.1) is 42.7 Å². The molecule has 6 rings (SSSR count). The Morgan fingerprint density at radius 2 is 1.58 bits per heavy atom. The monoisotopic (exact) mass is 1060 g/mol. The number of carboxylic acids is 1. The maximum absolute atomic E-state index is 14.3. The molecule has 4 aliphatic rings. The maximum atomic E-state index is 14.3. The molecule has 3 heterocycles. The van der Waals surface area contributed by atoms with E-state index in [0.29, 0.717) is 43.5 Å². The van der Waals surface area contributed by atoms with E-state index < -0.39 is 108 Å². The molecule has 7 amide bonds. The zero-order chi connectivity index (χ0) is 55.9. The van der Waals surface area contributed by atoms with Crippen molar-refractivity contribution in [1.82, 2.24) is 30.5 Å². The highest BCUT2D eigenvalue weighted by atomic mass is 16.6. The van der Waals surface area contributed by atoms with Crippen molar-refractivity contribution >= 4 is 53.2 Å². The number of imide groups is 1. The van der Waals surface area contributed by atoms with Gasteiger partial charge in [-0.2, -0.15) is 0 Å². The number of benzene rings is 2. The van der Waals surface area contributed by atoms with Gasteiger partial charge in [0.1, 0.15) is 17.7 Å². The van der Waals surface area contributed by atoms with Crippen molar-refractivity contribution < 1.29 is 57.7 Å². The molecule has 20 heteroatoms. The Morgan fingerprint density at radius 3 is 2.17 bits per heavy atom. The van der Waals surface area contributed by atoms with Crippen LogP contribution in [0, 0.1) is 29.6 Å². The number of amides is 7. The molecule has 1 aliphatic carbocycles. The Hall–Kier alpha value is -6.22. The van der Waals surface area contributed by atoms with Gasteiger partial charge in [-0.05, 0) is 87.5 Å². The number of nitrogens with two attached hydrogens (primary N) is 1. The van der Waals surface area contributed by atoms with Gasteiger partial charge in [-0.15, -0.1) is 0 Å². The zero-order valence-corrected chi connectivity index (χ0v) is 45.9. The van der Waals surface area contributed by atoms with E-state index in [9.17, 15) is 43.5 Å². The first-order valence-corrected chi connectivity index (χ1v) is 26.6. The summed E-state index contributed by atoms with van der Waals surface area (Å²) in [6.07, 6.45) is 2.00. The van der Waals surface area contributed by atoms with Crippen LogP contribution in [0.4, 0.5) is 10.5 Å². The number of hydrogen-bond donors (Lipinski definition) is 5. The number of carbonyl (C=O) groups excluding carboxylic acids is 7. The van der Waals surface area contributed by atoms with Crippen LogP contribution in [0.15, 0.2) is 66.2 Å². The number of likely N-dealkylation sites (N-methyl/N-ethyl adjacent to an activating group) is 1. The lowest BCUT2D eigenvalue weighted by atomic mass is 9.87. The van der Waals surface area contributed by atoms with E-state index in [1.54, 1.807) is 75.9 Å². The summed E-state index contributed by atoms with van der Waals surface area (Å²) in [7, 11) is 4.76. The molecule has 2 bridgehead atoms. The molecule has 416 valence electrons. The first kappa shape index (κ1) is 59.0. The number of carbonyl (C=O) groups is 8. The number of piperidine rings is 1. The maximum Gasteiger partial charge on any atom is 0.411 e. The van der Waals surface area contributed by atoms with Gasteiger partial charge >= 0.3 is 12.1 Å². The number of hydrazine groups is 1. The van der Waals surface area contributed by atoms with Crippen molar-refractivity contribution in [2.45, 2.75) is 161 Å². The minimum atomic E-state index is -1.15. The summed E-state index contributed by atoms with van der Waals surface area (Å²) in [5.74, 6) is -5.48. The number of hydrogen-bond acceptors (Lipinski definition) is 13. The lowest BCUT2D eigenvalue weighted by molar-refractivity contribution is -0.146. The van der Waals surface area contributed by atoms with Crippen molar-refractivity contribution in [3.05, 3.63) is 77.4 Å². The molecule has 2 aromatic carbocycles. The average Bonchev–Trinajstić information content (AvgIpc) is 4.18. The Balaban J connectivity index is 1.08. The van der Waals surface area contributed by atoms with E-state index in [1.807, 2.05) is 58.0 Å². The third-order valence-electron chi connectivity index (χ3n) is 15.7. The van der Waals surface area contributed by atoms with Crippen molar-refractivity contribution in [3.63, 3.8) is 0 Å². The number of likely N-dealkylation sites (tertiary alicyclic amines) is 2. The number of nitrogens with one attached hydrogen (secondary N) is 3. The van der Waals surface area contributed by atoms with E-state index in [4.69, 9.17) is 19.9 Å². The standard InChI is InChI=1S/C56H80N8O12/c1-12-32(4)47(61(9)53(70)46(57)31(2)3)43(74-10)29-44(65)62-24-16-19-41(62)49(75-11)33(5)50(67)60-40(25-34-17-14-13-15-18-34)51(68)59-37-22-20-35(21-23-37)30-58-64-45(66)28-39(52(64)69)38-26-36-27-42(38)63(48(36)54(71)72)55(73)76-56(6,7)8/h13-15,17-18,20-23,28,31-33,36,38,40-43,46-49,58H,12,16,19,24-27,29-30,57H2,1-11H3,(H,59,68)(H,60,67)(H,71,72)/t32-,33+,36-,38?,40-,41-,42-,43+,46-,47-,48-,49+/m0/s1. The molecule has 1 saturated carbocycles. The van der Waals surface area contributed by atoms with Gasteiger partial charge in [0.2, 0.25) is 23.6 Å². The van der Waals surface area contributed by atoms with Crippen LogP contribution in [0.25, 0.3) is 0 Å². The highest BCUT2D eigenvalue weighted by Gasteiger charge is 2.59. The third kappa shape index (κ3) is 13.5. The molecule has 0 spiro atoms. The SMILES string of the molecule is CC[C@H](C)[C@@H]([C@@H](CC(=O)N1CCC[C@H]1[C@H](OC)[C@@H](C)C(=O)N[C@@H](Cc1ccccc1)C(=O)Nc1ccc(CNN2C(=O)C=C(C3C[C@H]4C[C@@H]3N(C(=O)OC(C)(C)C)[C@@H]4C(=O)O)C2=O)cc1)OC)N(C)C(=O)[C@@H](N)C(C)C. The third-order valence-corrected chi connectivity index (χ3v) is 15.7. The Morgan fingerprint density at radius 1 is 0.908 bits per heavy atom. The molecule has 6 N–H and O–H groups in total. The fraction of sp³-hybridized carbons (Fsp3) is 0.607. The topological polar surface area (TPSA) is 260 Å². The minimum Gasteiger partial charge on any atom is -0.480 e. The smallest absolute Gasteiger partial charge is 0.411 e. The summed E-state index contributed by atoms with van der Waals surface area (Å²) >= 11 is 0. The summed E-state index contributed by atoms with van der Waals surface area (Å²) in [6.45, 7) is 15.1. The summed E-state index contributed by atoms with van der Waals surface area (Å²) in [5.41, 5.74) is 10.4. The van der Waals surface area contributed by atoms with E-state index in [1.165, 1.54) is 18.1 Å². The van der Waals surface area contributed by atoms with Crippen LogP contribution < -0.4 is 21.8 Å². The summed E-state index contributed by atoms with van der Waals surface area (Å²) in [6, 6.07) is 11.7. The second-order valence-electron chi connectivity index (χ2n) is 22.3. The van der Waals surface area contributed by atoms with Crippen molar-refractivity contribution in [2.75, 3.05) is 33.1 Å². The molecule has 20 nitrogen and oxygen atoms in total. The van der Waals surface area contributed by atoms with Crippen LogP contribution in [0.2, 0.25) is 0 Å². The first-order chi connectivity index (χ1) is 35.9. The van der Waals surface area contributed by atoms with Crippen LogP contribution in [-0.2, 0) is 60.7 Å². The van der Waals surface area contributed by atoms with Crippen LogP contribution in [0.1, 0.15) is 105 Å². The first-order valence-electron chi connectivity index (χ1n) is 26.6. The number of nitrogens with zero attached hydrogens (tertiary/aromatic N) is 4. The fourth-order valence-corrected chi connectivity index (χ4v) is 11.5. The lowest BCUT2D eigenvalue weighted by Gasteiger charge is -2.40. The fourth-order valence-electron chi connectivity index (χ4n) is 11.5. The van der Waals surface area contributed by atoms with E-state index in [-0.39, 0.29) is 48.6 Å². The minimum absolute atomic E-state index is 0.000400. The second kappa shape index (κ2) is 25.3. The number of methoxy groups -OCH3 is 2. The Labute approximate surface area is 446 Å².